The van der Waals surface area contributed by atoms with Gasteiger partial charge < -0.3 is 10.4 Å². The number of amides is 1. The highest BCUT2D eigenvalue weighted by Gasteiger charge is 2.20. The summed E-state index contributed by atoms with van der Waals surface area (Å²) in [6, 6.07) is 3.70. The van der Waals surface area contributed by atoms with Gasteiger partial charge >= 0.3 is 5.69 Å². The molecule has 96 valence electrons. The Morgan fingerprint density at radius 3 is 2.63 bits per heavy atom. The number of aromatic nitrogens is 2. The van der Waals surface area contributed by atoms with Crippen molar-refractivity contribution in [1.82, 2.24) is 9.97 Å². The summed E-state index contributed by atoms with van der Waals surface area (Å²) in [6.07, 6.45) is 4.01. The summed E-state index contributed by atoms with van der Waals surface area (Å²) in [5.74, 6) is -1.36. The first kappa shape index (κ1) is 12.4. The van der Waals surface area contributed by atoms with Gasteiger partial charge in [0.25, 0.3) is 5.91 Å². The fraction of sp³-hybridized carbons (Fsp3) is 0. The van der Waals surface area contributed by atoms with E-state index in [1.165, 1.54) is 30.9 Å². The number of nitrogens with one attached hydrogen (secondary N) is 1. The largest absolute Gasteiger partial charge is 0.502 e. The molecule has 0 aliphatic rings. The van der Waals surface area contributed by atoms with E-state index in [0.717, 1.165) is 6.07 Å². The molecule has 0 fully saturated rings. The van der Waals surface area contributed by atoms with Gasteiger partial charge in [-0.15, -0.1) is 0 Å². The van der Waals surface area contributed by atoms with Crippen molar-refractivity contribution in [3.05, 3.63) is 52.6 Å². The molecular weight excluding hydrogens is 252 g/mol. The third kappa shape index (κ3) is 2.63. The van der Waals surface area contributed by atoms with Gasteiger partial charge in [0.15, 0.2) is 0 Å². The molecule has 0 atom stereocenters. The van der Waals surface area contributed by atoms with Gasteiger partial charge in [-0.2, -0.15) is 0 Å². The van der Waals surface area contributed by atoms with Crippen LogP contribution in [0.2, 0.25) is 0 Å². The smallest absolute Gasteiger partial charge is 0.311 e. The van der Waals surface area contributed by atoms with Gasteiger partial charge in [0.1, 0.15) is 6.33 Å². The molecule has 0 spiro atoms. The summed E-state index contributed by atoms with van der Waals surface area (Å²) >= 11 is 0. The van der Waals surface area contributed by atoms with Crippen LogP contribution in [0.25, 0.3) is 0 Å². The van der Waals surface area contributed by atoms with Gasteiger partial charge in [-0.1, -0.05) is 6.07 Å². The van der Waals surface area contributed by atoms with Gasteiger partial charge in [0.05, 0.1) is 28.6 Å². The first-order valence-electron chi connectivity index (χ1n) is 5.12. The Bertz CT molecular complexity index is 630. The SMILES string of the molecule is O=C(Nc1cncnc1)c1cccc([N+](=O)[O-])c1O. The molecule has 2 rings (SSSR count). The van der Waals surface area contributed by atoms with E-state index < -0.39 is 22.3 Å². The van der Waals surface area contributed by atoms with E-state index in [2.05, 4.69) is 15.3 Å². The molecule has 0 unspecified atom stereocenters. The third-order valence-electron chi connectivity index (χ3n) is 2.27. The van der Waals surface area contributed by atoms with Crippen LogP contribution in [-0.2, 0) is 0 Å². The summed E-state index contributed by atoms with van der Waals surface area (Å²) in [6.45, 7) is 0. The Hall–Kier alpha value is -3.03. The molecule has 0 aliphatic heterocycles. The van der Waals surface area contributed by atoms with E-state index in [-0.39, 0.29) is 5.56 Å². The summed E-state index contributed by atoms with van der Waals surface area (Å²) in [7, 11) is 0. The summed E-state index contributed by atoms with van der Waals surface area (Å²) in [5, 5.41) is 22.7. The summed E-state index contributed by atoms with van der Waals surface area (Å²) in [5.41, 5.74) is -0.409. The lowest BCUT2D eigenvalue weighted by atomic mass is 10.1. The minimum absolute atomic E-state index is 0.196. The fourth-order valence-corrected chi connectivity index (χ4v) is 1.42. The van der Waals surface area contributed by atoms with Gasteiger partial charge in [-0.05, 0) is 6.07 Å². The summed E-state index contributed by atoms with van der Waals surface area (Å²) in [4.78, 5) is 29.1. The lowest BCUT2D eigenvalue weighted by Gasteiger charge is -2.05. The van der Waals surface area contributed by atoms with Crippen LogP contribution in [0.4, 0.5) is 11.4 Å². The molecule has 19 heavy (non-hydrogen) atoms. The van der Waals surface area contributed by atoms with E-state index in [1.807, 2.05) is 0 Å². The molecule has 1 heterocycles. The first-order chi connectivity index (χ1) is 9.09. The second kappa shape index (κ2) is 5.08. The van der Waals surface area contributed by atoms with E-state index in [4.69, 9.17) is 0 Å². The lowest BCUT2D eigenvalue weighted by molar-refractivity contribution is -0.385. The molecule has 8 heteroatoms. The number of anilines is 1. The van der Waals surface area contributed by atoms with Gasteiger partial charge in [0, 0.05) is 6.07 Å². The Balaban J connectivity index is 2.30. The number of hydrogen-bond acceptors (Lipinski definition) is 6. The van der Waals surface area contributed by atoms with Crippen molar-refractivity contribution in [3.63, 3.8) is 0 Å². The number of aromatic hydroxyl groups is 1. The Morgan fingerprint density at radius 1 is 1.32 bits per heavy atom. The molecule has 1 amide bonds. The third-order valence-corrected chi connectivity index (χ3v) is 2.27. The number of phenols is 1. The Morgan fingerprint density at radius 2 is 2.00 bits per heavy atom. The maximum absolute atomic E-state index is 11.9. The topological polar surface area (TPSA) is 118 Å². The van der Waals surface area contributed by atoms with Crippen molar-refractivity contribution < 1.29 is 14.8 Å². The zero-order chi connectivity index (χ0) is 13.8. The van der Waals surface area contributed by atoms with Crippen LogP contribution in [-0.4, -0.2) is 25.9 Å². The van der Waals surface area contributed by atoms with Crippen molar-refractivity contribution in [2.24, 2.45) is 0 Å². The number of phenolic OH excluding ortho intramolecular Hbond substituents is 1. The van der Waals surface area contributed by atoms with Crippen LogP contribution in [0.15, 0.2) is 36.9 Å². The van der Waals surface area contributed by atoms with Crippen LogP contribution in [0, 0.1) is 10.1 Å². The van der Waals surface area contributed by atoms with Crippen LogP contribution in [0.5, 0.6) is 5.75 Å². The molecule has 0 bridgehead atoms. The van der Waals surface area contributed by atoms with Crippen LogP contribution in [0.3, 0.4) is 0 Å². The molecule has 0 saturated heterocycles. The van der Waals surface area contributed by atoms with E-state index in [0.29, 0.717) is 5.69 Å². The molecular formula is C11H8N4O4. The average molecular weight is 260 g/mol. The molecule has 8 nitrogen and oxygen atoms in total. The van der Waals surface area contributed by atoms with Crippen molar-refractivity contribution in [2.45, 2.75) is 0 Å². The second-order valence-electron chi connectivity index (χ2n) is 3.51. The van der Waals surface area contributed by atoms with Crippen molar-refractivity contribution in [1.29, 1.82) is 0 Å². The molecule has 1 aromatic heterocycles. The van der Waals surface area contributed by atoms with Crippen molar-refractivity contribution in [2.75, 3.05) is 5.32 Å². The second-order valence-corrected chi connectivity index (χ2v) is 3.51. The minimum atomic E-state index is -0.766. The van der Waals surface area contributed by atoms with Gasteiger partial charge in [-0.3, -0.25) is 14.9 Å². The Labute approximate surface area is 106 Å². The van der Waals surface area contributed by atoms with E-state index in [9.17, 15) is 20.0 Å². The molecule has 2 aromatic rings. The minimum Gasteiger partial charge on any atom is -0.502 e. The van der Waals surface area contributed by atoms with Gasteiger partial charge in [-0.25, -0.2) is 9.97 Å². The maximum Gasteiger partial charge on any atom is 0.311 e. The number of nitrogens with zero attached hydrogens (tertiary/aromatic N) is 3. The normalized spacial score (nSPS) is 9.89. The summed E-state index contributed by atoms with van der Waals surface area (Å²) < 4.78 is 0. The first-order valence-corrected chi connectivity index (χ1v) is 5.12. The molecule has 0 radical (unpaired) electrons. The highest BCUT2D eigenvalue weighted by molar-refractivity contribution is 6.06. The van der Waals surface area contributed by atoms with Crippen LogP contribution in [0.1, 0.15) is 10.4 Å². The zero-order valence-electron chi connectivity index (χ0n) is 9.48. The Kier molecular flexibility index (Phi) is 3.33. The highest BCUT2D eigenvalue weighted by Crippen LogP contribution is 2.29. The number of benzene rings is 1. The zero-order valence-corrected chi connectivity index (χ0v) is 9.48. The van der Waals surface area contributed by atoms with Crippen molar-refractivity contribution >= 4 is 17.3 Å². The number of para-hydroxylation sites is 1. The van der Waals surface area contributed by atoms with Crippen molar-refractivity contribution in [3.8, 4) is 5.75 Å². The van der Waals surface area contributed by atoms with Crippen LogP contribution >= 0.6 is 0 Å². The number of hydrogen-bond donors (Lipinski definition) is 2. The molecule has 2 N–H and O–H groups in total. The monoisotopic (exact) mass is 260 g/mol. The number of carbonyl (C=O) groups is 1. The number of nitro groups is 1. The quantitative estimate of drug-likeness (QED) is 0.635. The number of rotatable bonds is 3. The molecule has 1 aromatic carbocycles. The highest BCUT2D eigenvalue weighted by atomic mass is 16.6. The molecule has 0 saturated carbocycles. The average Bonchev–Trinajstić information content (AvgIpc) is 2.39. The van der Waals surface area contributed by atoms with Gasteiger partial charge in [0.2, 0.25) is 5.75 Å². The maximum atomic E-state index is 11.9. The molecule has 0 aliphatic carbocycles. The standard InChI is InChI=1S/C11H8N4O4/c16-10-8(2-1-3-9(10)15(18)19)11(17)14-7-4-12-6-13-5-7/h1-6,16H,(H,14,17). The van der Waals surface area contributed by atoms with Crippen LogP contribution < -0.4 is 5.32 Å². The number of nitro benzene ring substituents is 1. The lowest BCUT2D eigenvalue weighted by Crippen LogP contribution is -2.12. The van der Waals surface area contributed by atoms with E-state index in [1.54, 1.807) is 0 Å². The predicted octanol–water partition coefficient (Wildman–Crippen LogP) is 1.34. The predicted molar refractivity (Wildman–Crippen MR) is 64.7 cm³/mol. The number of carbonyl (C=O) groups excluding carboxylic acids is 1. The van der Waals surface area contributed by atoms with E-state index >= 15 is 0 Å². The fourth-order valence-electron chi connectivity index (χ4n) is 1.42.